The third kappa shape index (κ3) is 4.71. The maximum atomic E-state index is 12.6. The van der Waals surface area contributed by atoms with Gasteiger partial charge in [-0.3, -0.25) is 4.79 Å². The number of piperidine rings is 1. The van der Waals surface area contributed by atoms with Crippen molar-refractivity contribution in [2.45, 2.75) is 31.8 Å². The van der Waals surface area contributed by atoms with E-state index in [1.165, 1.54) is 0 Å². The summed E-state index contributed by atoms with van der Waals surface area (Å²) in [6.07, 6.45) is 1.93. The number of nitrogens with zero attached hydrogens (tertiary/aromatic N) is 3. The summed E-state index contributed by atoms with van der Waals surface area (Å²) in [5.74, 6) is 1.23. The van der Waals surface area contributed by atoms with Crippen molar-refractivity contribution in [2.24, 2.45) is 5.92 Å². The number of benzene rings is 2. The van der Waals surface area contributed by atoms with Gasteiger partial charge >= 0.3 is 0 Å². The molecule has 1 N–H and O–H groups in total. The molecule has 1 aliphatic heterocycles. The van der Waals surface area contributed by atoms with Gasteiger partial charge in [-0.05, 0) is 36.5 Å². The smallest absolute Gasteiger partial charge is 0.247 e. The van der Waals surface area contributed by atoms with Crippen LogP contribution in [0.5, 0.6) is 0 Å². The van der Waals surface area contributed by atoms with Crippen molar-refractivity contribution in [3.8, 4) is 11.5 Å². The van der Waals surface area contributed by atoms with E-state index in [2.05, 4.69) is 10.2 Å². The lowest BCUT2D eigenvalue weighted by atomic mass is 9.87. The van der Waals surface area contributed by atoms with Gasteiger partial charge in [0.2, 0.25) is 17.7 Å². The van der Waals surface area contributed by atoms with E-state index in [0.717, 1.165) is 24.0 Å². The molecule has 6 nitrogen and oxygen atoms in total. The van der Waals surface area contributed by atoms with E-state index in [-0.39, 0.29) is 11.8 Å². The van der Waals surface area contributed by atoms with Gasteiger partial charge in [-0.25, -0.2) is 0 Å². The van der Waals surface area contributed by atoms with Gasteiger partial charge in [-0.1, -0.05) is 48.5 Å². The zero-order valence-electron chi connectivity index (χ0n) is 16.3. The number of amides is 1. The van der Waals surface area contributed by atoms with Gasteiger partial charge in [-0.15, -0.1) is 10.2 Å². The summed E-state index contributed by atoms with van der Waals surface area (Å²) >= 11 is 0. The Balaban J connectivity index is 1.26. The quantitative estimate of drug-likeness (QED) is 0.694. The molecule has 6 heteroatoms. The fourth-order valence-electron chi connectivity index (χ4n) is 3.81. The van der Waals surface area contributed by atoms with Crippen molar-refractivity contribution in [3.05, 3.63) is 72.1 Å². The molecule has 0 spiro atoms. The Morgan fingerprint density at radius 2 is 1.69 bits per heavy atom. The van der Waals surface area contributed by atoms with E-state index < -0.39 is 6.10 Å². The number of aliphatic hydroxyl groups excluding tert-OH is 1. The van der Waals surface area contributed by atoms with Gasteiger partial charge in [0.1, 0.15) is 0 Å². The second-order valence-electron chi connectivity index (χ2n) is 7.44. The predicted molar refractivity (Wildman–Crippen MR) is 109 cm³/mol. The summed E-state index contributed by atoms with van der Waals surface area (Å²) in [7, 11) is 0. The summed E-state index contributed by atoms with van der Waals surface area (Å²) in [5, 5.41) is 18.7. The van der Waals surface area contributed by atoms with Crippen LogP contribution < -0.4 is 0 Å². The number of hydrogen-bond acceptors (Lipinski definition) is 5. The number of rotatable bonds is 6. The molecule has 1 atom stereocenters. The molecule has 0 radical (unpaired) electrons. The van der Waals surface area contributed by atoms with Crippen molar-refractivity contribution >= 4 is 5.91 Å². The average molecular weight is 391 g/mol. The van der Waals surface area contributed by atoms with E-state index >= 15 is 0 Å². The van der Waals surface area contributed by atoms with Crippen molar-refractivity contribution in [1.82, 2.24) is 15.1 Å². The Hall–Kier alpha value is -2.99. The molecule has 2 aromatic carbocycles. The van der Waals surface area contributed by atoms with Crippen LogP contribution >= 0.6 is 0 Å². The van der Waals surface area contributed by atoms with Crippen LogP contribution in [0.1, 0.15) is 36.8 Å². The first kappa shape index (κ1) is 19.3. The highest BCUT2D eigenvalue weighted by atomic mass is 16.4. The zero-order valence-corrected chi connectivity index (χ0v) is 16.3. The first-order chi connectivity index (χ1) is 14.2. The summed E-state index contributed by atoms with van der Waals surface area (Å²) in [6, 6.07) is 19.3. The Kier molecular flexibility index (Phi) is 6.00. The van der Waals surface area contributed by atoms with Crippen LogP contribution in [0.25, 0.3) is 11.5 Å². The van der Waals surface area contributed by atoms with E-state index in [4.69, 9.17) is 4.42 Å². The number of carbonyl (C=O) groups excluding carboxylic acids is 1. The minimum atomic E-state index is -0.469. The van der Waals surface area contributed by atoms with Crippen molar-refractivity contribution in [3.63, 3.8) is 0 Å². The fourth-order valence-corrected chi connectivity index (χ4v) is 3.81. The molecule has 1 saturated heterocycles. The molecule has 1 unspecified atom stereocenters. The number of carbonyl (C=O) groups is 1. The lowest BCUT2D eigenvalue weighted by molar-refractivity contribution is -0.133. The second kappa shape index (κ2) is 9.01. The van der Waals surface area contributed by atoms with E-state index in [9.17, 15) is 9.90 Å². The molecule has 2 heterocycles. The van der Waals surface area contributed by atoms with Crippen LogP contribution in [0.2, 0.25) is 0 Å². The van der Waals surface area contributed by atoms with E-state index in [0.29, 0.717) is 37.7 Å². The predicted octanol–water partition coefficient (Wildman–Crippen LogP) is 3.64. The maximum Gasteiger partial charge on any atom is 0.247 e. The Morgan fingerprint density at radius 1 is 1.03 bits per heavy atom. The number of hydrogen-bond donors (Lipinski definition) is 1. The third-order valence-corrected chi connectivity index (χ3v) is 5.52. The van der Waals surface area contributed by atoms with Crippen LogP contribution in [0.4, 0.5) is 0 Å². The van der Waals surface area contributed by atoms with Crippen LogP contribution in [0.3, 0.4) is 0 Å². The molecule has 3 aromatic rings. The highest BCUT2D eigenvalue weighted by Crippen LogP contribution is 2.30. The molecule has 1 fully saturated rings. The van der Waals surface area contributed by atoms with Crippen LogP contribution in [0, 0.1) is 5.92 Å². The van der Waals surface area contributed by atoms with Crippen LogP contribution in [-0.4, -0.2) is 39.2 Å². The molecule has 1 aromatic heterocycles. The molecule has 0 saturated carbocycles. The topological polar surface area (TPSA) is 79.5 Å². The second-order valence-corrected chi connectivity index (χ2v) is 7.44. The monoisotopic (exact) mass is 391 g/mol. The van der Waals surface area contributed by atoms with Gasteiger partial charge in [0.05, 0.1) is 6.10 Å². The summed E-state index contributed by atoms with van der Waals surface area (Å²) < 4.78 is 5.68. The standard InChI is InChI=1S/C23H25N3O3/c27-21(12-11-20-24-25-23(29-20)19-9-5-2-6-10-19)26-15-13-18(14-16-26)22(28)17-7-3-1-4-8-17/h1-10,18,22,28H,11-16H2. The van der Waals surface area contributed by atoms with Gasteiger partial charge in [0.25, 0.3) is 0 Å². The fraction of sp³-hybridized carbons (Fsp3) is 0.348. The summed E-state index contributed by atoms with van der Waals surface area (Å²) in [4.78, 5) is 14.4. The van der Waals surface area contributed by atoms with Crippen LogP contribution in [-0.2, 0) is 11.2 Å². The molecule has 150 valence electrons. The lowest BCUT2D eigenvalue weighted by Crippen LogP contribution is -2.39. The number of aromatic nitrogens is 2. The maximum absolute atomic E-state index is 12.6. The summed E-state index contributed by atoms with van der Waals surface area (Å²) in [5.41, 5.74) is 1.82. The highest BCUT2D eigenvalue weighted by molar-refractivity contribution is 5.76. The first-order valence-corrected chi connectivity index (χ1v) is 10.1. The molecule has 0 aliphatic carbocycles. The third-order valence-electron chi connectivity index (χ3n) is 5.52. The molecule has 1 aliphatic rings. The molecule has 1 amide bonds. The van der Waals surface area contributed by atoms with Gasteiger partial charge in [0, 0.05) is 31.5 Å². The largest absolute Gasteiger partial charge is 0.421 e. The Bertz CT molecular complexity index is 919. The lowest BCUT2D eigenvalue weighted by Gasteiger charge is -2.34. The van der Waals surface area contributed by atoms with Gasteiger partial charge in [-0.2, -0.15) is 0 Å². The molecule has 29 heavy (non-hydrogen) atoms. The number of aliphatic hydroxyl groups is 1. The summed E-state index contributed by atoms with van der Waals surface area (Å²) in [6.45, 7) is 1.35. The number of aryl methyl sites for hydroxylation is 1. The minimum Gasteiger partial charge on any atom is -0.421 e. The van der Waals surface area contributed by atoms with Gasteiger partial charge in [0.15, 0.2) is 0 Å². The first-order valence-electron chi connectivity index (χ1n) is 10.1. The highest BCUT2D eigenvalue weighted by Gasteiger charge is 2.28. The normalized spacial score (nSPS) is 16.0. The van der Waals surface area contributed by atoms with Crippen molar-refractivity contribution < 1.29 is 14.3 Å². The Morgan fingerprint density at radius 3 is 2.38 bits per heavy atom. The van der Waals surface area contributed by atoms with Crippen molar-refractivity contribution in [1.29, 1.82) is 0 Å². The average Bonchev–Trinajstić information content (AvgIpc) is 3.27. The zero-order chi connectivity index (χ0) is 20.1. The van der Waals surface area contributed by atoms with E-state index in [1.807, 2.05) is 65.6 Å². The van der Waals surface area contributed by atoms with Crippen molar-refractivity contribution in [2.75, 3.05) is 13.1 Å². The Labute approximate surface area is 170 Å². The van der Waals surface area contributed by atoms with Crippen LogP contribution in [0.15, 0.2) is 65.1 Å². The molecular formula is C23H25N3O3. The minimum absolute atomic E-state index is 0.0945. The SMILES string of the molecule is O=C(CCc1nnc(-c2ccccc2)o1)N1CCC(C(O)c2ccccc2)CC1. The molecule has 0 bridgehead atoms. The van der Waals surface area contributed by atoms with E-state index in [1.54, 1.807) is 0 Å². The number of likely N-dealkylation sites (tertiary alicyclic amines) is 1. The van der Waals surface area contributed by atoms with Gasteiger partial charge < -0.3 is 14.4 Å². The molecule has 4 rings (SSSR count). The molecular weight excluding hydrogens is 366 g/mol.